The number of benzene rings is 4. The van der Waals surface area contributed by atoms with Crippen molar-refractivity contribution in [3.8, 4) is 33.8 Å². The second kappa shape index (κ2) is 10.4. The van der Waals surface area contributed by atoms with Crippen molar-refractivity contribution in [2.45, 2.75) is 26.7 Å². The maximum atomic E-state index is 10.8. The highest BCUT2D eigenvalue weighted by atomic mass is 16.3. The Morgan fingerprint density at radius 2 is 0.970 bits per heavy atom. The molecule has 168 valence electrons. The Bertz CT molecular complexity index is 1120. The van der Waals surface area contributed by atoms with Crippen LogP contribution < -0.4 is 5.32 Å². The Labute approximate surface area is 196 Å². The van der Waals surface area contributed by atoms with Crippen molar-refractivity contribution in [1.29, 1.82) is 0 Å². The van der Waals surface area contributed by atoms with E-state index in [9.17, 15) is 10.2 Å². The zero-order valence-electron chi connectivity index (χ0n) is 19.3. The summed E-state index contributed by atoms with van der Waals surface area (Å²) in [5.74, 6) is 0.717. The van der Waals surface area contributed by atoms with Crippen LogP contribution in [0.3, 0.4) is 0 Å². The standard InChI is InChI=1S/C30H31NO2/c1-21-17-25(29(32)27(19-21)23-9-5-3-6-10-23)13-15-31-16-14-26-18-22(2)20-28(30(26)33)24-11-7-4-8-12-24/h3-12,17-20,31-33H,13-16H2,1-2H3. The predicted molar refractivity (Wildman–Crippen MR) is 137 cm³/mol. The normalized spacial score (nSPS) is 11.0. The first-order valence-corrected chi connectivity index (χ1v) is 11.5. The molecular formula is C30H31NO2. The highest BCUT2D eigenvalue weighted by Gasteiger charge is 2.12. The second-order valence-corrected chi connectivity index (χ2v) is 8.62. The van der Waals surface area contributed by atoms with Crippen molar-refractivity contribution in [3.05, 3.63) is 107 Å². The van der Waals surface area contributed by atoms with Crippen molar-refractivity contribution in [2.24, 2.45) is 0 Å². The summed E-state index contributed by atoms with van der Waals surface area (Å²) in [5, 5.41) is 25.2. The van der Waals surface area contributed by atoms with E-state index < -0.39 is 0 Å². The largest absolute Gasteiger partial charge is 0.507 e. The first-order valence-electron chi connectivity index (χ1n) is 11.5. The van der Waals surface area contributed by atoms with Gasteiger partial charge in [-0.2, -0.15) is 0 Å². The minimum Gasteiger partial charge on any atom is -0.507 e. The van der Waals surface area contributed by atoms with Crippen molar-refractivity contribution in [3.63, 3.8) is 0 Å². The van der Waals surface area contributed by atoms with E-state index in [-0.39, 0.29) is 0 Å². The van der Waals surface area contributed by atoms with Gasteiger partial charge in [-0.25, -0.2) is 0 Å². The van der Waals surface area contributed by atoms with Crippen LogP contribution in [0.15, 0.2) is 84.9 Å². The number of nitrogens with one attached hydrogen (secondary N) is 1. The Morgan fingerprint density at radius 3 is 1.36 bits per heavy atom. The van der Waals surface area contributed by atoms with E-state index in [4.69, 9.17) is 0 Å². The van der Waals surface area contributed by atoms with Gasteiger partial charge in [0, 0.05) is 11.1 Å². The van der Waals surface area contributed by atoms with Crippen LogP contribution in [0.25, 0.3) is 22.3 Å². The lowest BCUT2D eigenvalue weighted by atomic mass is 9.97. The Morgan fingerprint density at radius 1 is 0.576 bits per heavy atom. The van der Waals surface area contributed by atoms with Crippen LogP contribution >= 0.6 is 0 Å². The molecule has 0 saturated heterocycles. The fraction of sp³-hybridized carbons (Fsp3) is 0.200. The summed E-state index contributed by atoms with van der Waals surface area (Å²) in [6.07, 6.45) is 1.48. The molecule has 0 aromatic heterocycles. The van der Waals surface area contributed by atoms with Crippen LogP contribution in [-0.2, 0) is 12.8 Å². The Hall–Kier alpha value is -3.56. The summed E-state index contributed by atoms with van der Waals surface area (Å²) >= 11 is 0. The summed E-state index contributed by atoms with van der Waals surface area (Å²) in [7, 11) is 0. The van der Waals surface area contributed by atoms with Crippen LogP contribution in [0.5, 0.6) is 11.5 Å². The molecule has 3 nitrogen and oxygen atoms in total. The topological polar surface area (TPSA) is 52.5 Å². The molecule has 4 aromatic rings. The maximum Gasteiger partial charge on any atom is 0.126 e. The van der Waals surface area contributed by atoms with Crippen molar-refractivity contribution < 1.29 is 10.2 Å². The average molecular weight is 438 g/mol. The molecule has 0 aliphatic heterocycles. The average Bonchev–Trinajstić information content (AvgIpc) is 2.83. The van der Waals surface area contributed by atoms with Crippen LogP contribution in [0.4, 0.5) is 0 Å². The summed E-state index contributed by atoms with van der Waals surface area (Å²) in [6.45, 7) is 5.63. The molecule has 3 N–H and O–H groups in total. The van der Waals surface area contributed by atoms with Gasteiger partial charge in [0.15, 0.2) is 0 Å². The van der Waals surface area contributed by atoms with Crippen molar-refractivity contribution in [1.82, 2.24) is 5.32 Å². The van der Waals surface area contributed by atoms with Gasteiger partial charge in [0.1, 0.15) is 11.5 Å². The minimum absolute atomic E-state index is 0.359. The zero-order valence-corrected chi connectivity index (χ0v) is 19.3. The van der Waals surface area contributed by atoms with Gasteiger partial charge in [0.2, 0.25) is 0 Å². The van der Waals surface area contributed by atoms with E-state index in [1.165, 1.54) is 0 Å². The van der Waals surface area contributed by atoms with E-state index in [0.29, 0.717) is 11.5 Å². The van der Waals surface area contributed by atoms with E-state index in [1.807, 2.05) is 72.8 Å². The number of hydrogen-bond acceptors (Lipinski definition) is 3. The minimum atomic E-state index is 0.359. The van der Waals surface area contributed by atoms with Gasteiger partial charge < -0.3 is 15.5 Å². The zero-order chi connectivity index (χ0) is 23.2. The molecule has 3 heteroatoms. The lowest BCUT2D eigenvalue weighted by Gasteiger charge is -2.14. The molecule has 0 atom stereocenters. The highest BCUT2D eigenvalue weighted by Crippen LogP contribution is 2.35. The first-order chi connectivity index (χ1) is 16.0. The number of phenolic OH excluding ortho intramolecular Hbond substituents is 2. The van der Waals surface area contributed by atoms with E-state index in [1.54, 1.807) is 0 Å². The number of rotatable bonds is 8. The van der Waals surface area contributed by atoms with Crippen LogP contribution in [0.2, 0.25) is 0 Å². The highest BCUT2D eigenvalue weighted by molar-refractivity contribution is 5.73. The van der Waals surface area contributed by atoms with Gasteiger partial charge in [-0.15, -0.1) is 0 Å². The van der Waals surface area contributed by atoms with Gasteiger partial charge in [-0.3, -0.25) is 0 Å². The molecule has 0 fully saturated rings. The Balaban J connectivity index is 1.39. The smallest absolute Gasteiger partial charge is 0.126 e. The second-order valence-electron chi connectivity index (χ2n) is 8.62. The molecule has 0 radical (unpaired) electrons. The van der Waals surface area contributed by atoms with Crippen LogP contribution in [-0.4, -0.2) is 23.3 Å². The number of phenols is 2. The molecule has 0 heterocycles. The fourth-order valence-corrected chi connectivity index (χ4v) is 4.34. The number of aryl methyl sites for hydroxylation is 2. The third-order valence-corrected chi connectivity index (χ3v) is 5.98. The van der Waals surface area contributed by atoms with Gasteiger partial charge in [0.05, 0.1) is 0 Å². The molecule has 4 rings (SSSR count). The third kappa shape index (κ3) is 5.44. The molecule has 0 unspecified atom stereocenters. The molecule has 0 bridgehead atoms. The molecule has 0 aliphatic carbocycles. The van der Waals surface area contributed by atoms with Crippen LogP contribution in [0.1, 0.15) is 22.3 Å². The SMILES string of the molecule is Cc1cc(CCNCCc2cc(C)cc(-c3ccccc3)c2O)c(O)c(-c2ccccc2)c1. The summed E-state index contributed by atoms with van der Waals surface area (Å²) < 4.78 is 0. The monoisotopic (exact) mass is 437 g/mol. The summed E-state index contributed by atoms with van der Waals surface area (Å²) in [4.78, 5) is 0. The molecule has 0 saturated carbocycles. The molecule has 0 spiro atoms. The quantitative estimate of drug-likeness (QED) is 0.279. The lowest BCUT2D eigenvalue weighted by Crippen LogP contribution is -2.20. The van der Waals surface area contributed by atoms with Gasteiger partial charge in [-0.1, -0.05) is 72.8 Å². The number of aromatic hydroxyl groups is 2. The molecule has 0 aliphatic rings. The molecule has 0 amide bonds. The Kier molecular flexibility index (Phi) is 7.11. The van der Waals surface area contributed by atoms with E-state index >= 15 is 0 Å². The predicted octanol–water partition coefficient (Wildman–Crippen LogP) is 6.42. The first kappa shape index (κ1) is 22.6. The van der Waals surface area contributed by atoms with Gasteiger partial charge in [-0.05, 0) is 85.3 Å². The summed E-state index contributed by atoms with van der Waals surface area (Å²) in [6, 6.07) is 28.2. The molecular weight excluding hydrogens is 406 g/mol. The van der Waals surface area contributed by atoms with E-state index in [2.05, 4.69) is 31.3 Å². The van der Waals surface area contributed by atoms with Gasteiger partial charge >= 0.3 is 0 Å². The van der Waals surface area contributed by atoms with Gasteiger partial charge in [0.25, 0.3) is 0 Å². The summed E-state index contributed by atoms with van der Waals surface area (Å²) in [5.41, 5.74) is 7.98. The van der Waals surface area contributed by atoms with Crippen LogP contribution in [0, 0.1) is 13.8 Å². The molecule has 33 heavy (non-hydrogen) atoms. The maximum absolute atomic E-state index is 10.8. The lowest BCUT2D eigenvalue weighted by molar-refractivity contribution is 0.467. The van der Waals surface area contributed by atoms with Crippen molar-refractivity contribution in [2.75, 3.05) is 13.1 Å². The third-order valence-electron chi connectivity index (χ3n) is 5.98. The fourth-order valence-electron chi connectivity index (χ4n) is 4.34. The van der Waals surface area contributed by atoms with Crippen molar-refractivity contribution >= 4 is 0 Å². The number of hydrogen-bond donors (Lipinski definition) is 3. The molecule has 4 aromatic carbocycles. The van der Waals surface area contributed by atoms with E-state index in [0.717, 1.165) is 70.4 Å².